The van der Waals surface area contributed by atoms with Crippen molar-refractivity contribution in [2.45, 2.75) is 0 Å². The van der Waals surface area contributed by atoms with Crippen LogP contribution < -0.4 is 19.1 Å². The number of ether oxygens (including phenoxy) is 3. The number of halogens is 1. The maximum Gasteiger partial charge on any atom is 0.277 e. The molecule has 2 aromatic rings. The largest absolute Gasteiger partial charge is 0.497 e. The zero-order valence-corrected chi connectivity index (χ0v) is 15.2. The summed E-state index contributed by atoms with van der Waals surface area (Å²) in [6.07, 6.45) is 0. The Morgan fingerprint density at radius 2 is 1.46 bits per heavy atom. The molecular weight excluding hydrogens is 358 g/mol. The van der Waals surface area contributed by atoms with E-state index in [-0.39, 0.29) is 10.6 Å². The number of hydrogen-bond acceptors (Lipinski definition) is 5. The molecule has 2 amide bonds. The van der Waals surface area contributed by atoms with E-state index in [9.17, 15) is 9.59 Å². The molecule has 0 atom stereocenters. The Kier molecular flexibility index (Phi) is 4.86. The van der Waals surface area contributed by atoms with Crippen molar-refractivity contribution in [2.75, 3.05) is 26.2 Å². The lowest BCUT2D eigenvalue weighted by Crippen LogP contribution is -2.31. The van der Waals surface area contributed by atoms with Crippen LogP contribution in [0.4, 0.5) is 5.69 Å². The predicted molar refractivity (Wildman–Crippen MR) is 97.8 cm³/mol. The van der Waals surface area contributed by atoms with Gasteiger partial charge < -0.3 is 14.2 Å². The molecule has 7 heteroatoms. The smallest absolute Gasteiger partial charge is 0.277 e. The van der Waals surface area contributed by atoms with Gasteiger partial charge >= 0.3 is 0 Å². The van der Waals surface area contributed by atoms with Gasteiger partial charge in [0.15, 0.2) is 11.5 Å². The van der Waals surface area contributed by atoms with Gasteiger partial charge in [-0.2, -0.15) is 0 Å². The van der Waals surface area contributed by atoms with E-state index in [0.29, 0.717) is 28.5 Å². The van der Waals surface area contributed by atoms with Crippen LogP contribution >= 0.6 is 11.6 Å². The second kappa shape index (κ2) is 7.09. The van der Waals surface area contributed by atoms with Crippen molar-refractivity contribution in [3.8, 4) is 17.2 Å². The fraction of sp³-hybridized carbons (Fsp3) is 0.158. The monoisotopic (exact) mass is 373 g/mol. The number of benzene rings is 2. The van der Waals surface area contributed by atoms with Crippen LogP contribution in [0.25, 0.3) is 5.57 Å². The maximum absolute atomic E-state index is 12.9. The van der Waals surface area contributed by atoms with Crippen molar-refractivity contribution in [1.82, 2.24) is 0 Å². The fourth-order valence-electron chi connectivity index (χ4n) is 2.71. The number of hydrogen-bond donors (Lipinski definition) is 0. The Bertz CT molecular complexity index is 905. The molecule has 0 spiro atoms. The number of anilines is 1. The van der Waals surface area contributed by atoms with E-state index < -0.39 is 11.8 Å². The van der Waals surface area contributed by atoms with Crippen LogP contribution in [0.3, 0.4) is 0 Å². The molecule has 0 saturated heterocycles. The summed E-state index contributed by atoms with van der Waals surface area (Å²) in [5.74, 6) is 0.440. The van der Waals surface area contributed by atoms with Gasteiger partial charge in [-0.1, -0.05) is 23.7 Å². The van der Waals surface area contributed by atoms with E-state index in [0.717, 1.165) is 4.90 Å². The van der Waals surface area contributed by atoms with Crippen LogP contribution in [-0.2, 0) is 9.59 Å². The molecule has 0 aliphatic carbocycles. The van der Waals surface area contributed by atoms with Gasteiger partial charge in [0.1, 0.15) is 10.8 Å². The molecule has 134 valence electrons. The standard InChI is InChI=1S/C19H16ClNO5/c1-24-13-7-4-11(5-8-13)16-17(20)19(23)21(18(16)22)12-6-9-14(25-2)15(10-12)26-3/h4-10H,1-3H3. The molecule has 6 nitrogen and oxygen atoms in total. The lowest BCUT2D eigenvalue weighted by Gasteiger charge is -2.17. The Morgan fingerprint density at radius 1 is 0.808 bits per heavy atom. The minimum Gasteiger partial charge on any atom is -0.497 e. The maximum atomic E-state index is 12.9. The van der Waals surface area contributed by atoms with E-state index in [1.54, 1.807) is 49.6 Å². The van der Waals surface area contributed by atoms with Crippen molar-refractivity contribution in [3.05, 3.63) is 53.1 Å². The second-order valence-corrected chi connectivity index (χ2v) is 5.78. The van der Waals surface area contributed by atoms with Gasteiger partial charge in [0.05, 0.1) is 32.6 Å². The minimum atomic E-state index is -0.588. The number of amides is 2. The van der Waals surface area contributed by atoms with E-state index in [4.69, 9.17) is 25.8 Å². The first-order valence-electron chi connectivity index (χ1n) is 7.66. The molecule has 0 bridgehead atoms. The number of nitrogens with zero attached hydrogens (tertiary/aromatic N) is 1. The van der Waals surface area contributed by atoms with Gasteiger partial charge in [-0.25, -0.2) is 4.90 Å². The average molecular weight is 374 g/mol. The van der Waals surface area contributed by atoms with Crippen molar-refractivity contribution >= 4 is 34.7 Å². The Balaban J connectivity index is 2.00. The van der Waals surface area contributed by atoms with E-state index in [2.05, 4.69) is 0 Å². The van der Waals surface area contributed by atoms with Crippen molar-refractivity contribution in [1.29, 1.82) is 0 Å². The number of carbonyl (C=O) groups is 2. The van der Waals surface area contributed by atoms with Crippen LogP contribution in [0.2, 0.25) is 0 Å². The first-order chi connectivity index (χ1) is 12.5. The highest BCUT2D eigenvalue weighted by Gasteiger charge is 2.39. The van der Waals surface area contributed by atoms with Crippen molar-refractivity contribution < 1.29 is 23.8 Å². The zero-order chi connectivity index (χ0) is 18.8. The lowest BCUT2D eigenvalue weighted by atomic mass is 10.1. The summed E-state index contributed by atoms with van der Waals surface area (Å²) in [5, 5.41) is -0.130. The summed E-state index contributed by atoms with van der Waals surface area (Å²) in [7, 11) is 4.53. The lowest BCUT2D eigenvalue weighted by molar-refractivity contribution is -0.119. The molecule has 0 unspecified atom stereocenters. The molecule has 1 aliphatic rings. The van der Waals surface area contributed by atoms with E-state index in [1.165, 1.54) is 14.2 Å². The Morgan fingerprint density at radius 3 is 2.04 bits per heavy atom. The van der Waals surface area contributed by atoms with Crippen LogP contribution in [0.1, 0.15) is 5.56 Å². The van der Waals surface area contributed by atoms with Gasteiger partial charge in [-0.05, 0) is 29.8 Å². The van der Waals surface area contributed by atoms with Crippen LogP contribution in [0.5, 0.6) is 17.2 Å². The summed E-state index contributed by atoms with van der Waals surface area (Å²) in [5.41, 5.74) is 1.03. The fourth-order valence-corrected chi connectivity index (χ4v) is 2.98. The molecule has 0 radical (unpaired) electrons. The Labute approximate surface area is 155 Å². The third kappa shape index (κ3) is 2.88. The number of carbonyl (C=O) groups excluding carboxylic acids is 2. The molecule has 26 heavy (non-hydrogen) atoms. The topological polar surface area (TPSA) is 65.1 Å². The zero-order valence-electron chi connectivity index (χ0n) is 14.4. The molecule has 0 saturated carbocycles. The average Bonchev–Trinajstić information content (AvgIpc) is 2.90. The third-order valence-electron chi connectivity index (χ3n) is 4.03. The highest BCUT2D eigenvalue weighted by Crippen LogP contribution is 2.38. The number of methoxy groups -OCH3 is 3. The Hall–Kier alpha value is -2.99. The summed E-state index contributed by atoms with van der Waals surface area (Å²) in [6, 6.07) is 11.5. The summed E-state index contributed by atoms with van der Waals surface area (Å²) < 4.78 is 15.5. The third-order valence-corrected chi connectivity index (χ3v) is 4.38. The van der Waals surface area contributed by atoms with Crippen LogP contribution in [-0.4, -0.2) is 33.1 Å². The highest BCUT2D eigenvalue weighted by atomic mass is 35.5. The SMILES string of the molecule is COc1ccc(C2=C(Cl)C(=O)N(c3ccc(OC)c(OC)c3)C2=O)cc1. The molecule has 3 rings (SSSR count). The van der Waals surface area contributed by atoms with E-state index >= 15 is 0 Å². The van der Waals surface area contributed by atoms with Crippen LogP contribution in [0.15, 0.2) is 47.5 Å². The van der Waals surface area contributed by atoms with Gasteiger partial charge in [0.2, 0.25) is 0 Å². The number of rotatable bonds is 5. The normalized spacial score (nSPS) is 14.1. The first kappa shape index (κ1) is 17.8. The molecule has 0 aromatic heterocycles. The highest BCUT2D eigenvalue weighted by molar-refractivity contribution is 6.60. The molecule has 1 heterocycles. The number of imide groups is 1. The van der Waals surface area contributed by atoms with Crippen molar-refractivity contribution in [3.63, 3.8) is 0 Å². The molecule has 2 aromatic carbocycles. The summed E-state index contributed by atoms with van der Waals surface area (Å²) in [4.78, 5) is 26.5. The molecule has 0 fully saturated rings. The van der Waals surface area contributed by atoms with E-state index in [1.807, 2.05) is 0 Å². The minimum absolute atomic E-state index is 0.130. The summed E-state index contributed by atoms with van der Waals surface area (Å²) in [6.45, 7) is 0. The van der Waals surface area contributed by atoms with Crippen LogP contribution in [0, 0.1) is 0 Å². The summed E-state index contributed by atoms with van der Waals surface area (Å²) >= 11 is 6.19. The quantitative estimate of drug-likeness (QED) is 0.753. The van der Waals surface area contributed by atoms with Gasteiger partial charge in [-0.15, -0.1) is 0 Å². The predicted octanol–water partition coefficient (Wildman–Crippen LogP) is 3.24. The molecule has 0 N–H and O–H groups in total. The molecular formula is C19H16ClNO5. The first-order valence-corrected chi connectivity index (χ1v) is 8.04. The van der Waals surface area contributed by atoms with Crippen molar-refractivity contribution in [2.24, 2.45) is 0 Å². The van der Waals surface area contributed by atoms with Gasteiger partial charge in [0.25, 0.3) is 11.8 Å². The van der Waals surface area contributed by atoms with Gasteiger partial charge in [-0.3, -0.25) is 9.59 Å². The van der Waals surface area contributed by atoms with Gasteiger partial charge in [0, 0.05) is 6.07 Å². The molecule has 1 aliphatic heterocycles. The second-order valence-electron chi connectivity index (χ2n) is 5.40.